The van der Waals surface area contributed by atoms with Gasteiger partial charge in [0, 0.05) is 16.8 Å². The second-order valence-corrected chi connectivity index (χ2v) is 7.00. The van der Waals surface area contributed by atoms with Gasteiger partial charge in [-0.2, -0.15) is 0 Å². The normalized spacial score (nSPS) is 11.8. The molecule has 12 heavy (non-hydrogen) atoms. The zero-order valence-electron chi connectivity index (χ0n) is 6.45. The SMILES string of the molecule is CCS(=O)(=O)Cc1cnc(Br)s1. The second-order valence-electron chi connectivity index (χ2n) is 2.26. The van der Waals surface area contributed by atoms with Gasteiger partial charge in [-0.1, -0.05) is 6.92 Å². The summed E-state index contributed by atoms with van der Waals surface area (Å²) < 4.78 is 23.0. The smallest absolute Gasteiger partial charge is 0.159 e. The second kappa shape index (κ2) is 3.85. The molecule has 0 aromatic carbocycles. The van der Waals surface area contributed by atoms with E-state index in [4.69, 9.17) is 0 Å². The third kappa shape index (κ3) is 2.84. The Labute approximate surface area is 83.9 Å². The standard InChI is InChI=1S/C6H8BrNO2S2/c1-2-12(9,10)4-5-3-8-6(7)11-5/h3H,2,4H2,1H3. The Balaban J connectivity index is 2.77. The largest absolute Gasteiger partial charge is 0.237 e. The van der Waals surface area contributed by atoms with E-state index in [0.29, 0.717) is 0 Å². The molecule has 1 aromatic rings. The van der Waals surface area contributed by atoms with E-state index in [1.165, 1.54) is 11.3 Å². The summed E-state index contributed by atoms with van der Waals surface area (Å²) >= 11 is 4.53. The van der Waals surface area contributed by atoms with Crippen molar-refractivity contribution in [3.63, 3.8) is 0 Å². The van der Waals surface area contributed by atoms with E-state index in [9.17, 15) is 8.42 Å². The van der Waals surface area contributed by atoms with Crippen molar-refractivity contribution in [1.82, 2.24) is 4.98 Å². The topological polar surface area (TPSA) is 47.0 Å². The van der Waals surface area contributed by atoms with E-state index in [1.54, 1.807) is 13.1 Å². The van der Waals surface area contributed by atoms with Crippen LogP contribution in [0, 0.1) is 0 Å². The van der Waals surface area contributed by atoms with Crippen molar-refractivity contribution in [2.24, 2.45) is 0 Å². The summed E-state index contributed by atoms with van der Waals surface area (Å²) in [7, 11) is -2.91. The van der Waals surface area contributed by atoms with Crippen LogP contribution in [-0.2, 0) is 15.6 Å². The van der Waals surface area contributed by atoms with Crippen LogP contribution >= 0.6 is 27.3 Å². The minimum atomic E-state index is -2.91. The molecule has 1 rings (SSSR count). The van der Waals surface area contributed by atoms with Crippen LogP contribution in [0.4, 0.5) is 0 Å². The number of hydrogen-bond donors (Lipinski definition) is 0. The lowest BCUT2D eigenvalue weighted by molar-refractivity contribution is 0.597. The predicted molar refractivity (Wildman–Crippen MR) is 53.0 cm³/mol. The Morgan fingerprint density at radius 2 is 2.33 bits per heavy atom. The highest BCUT2D eigenvalue weighted by Crippen LogP contribution is 2.20. The van der Waals surface area contributed by atoms with Gasteiger partial charge in [-0.15, -0.1) is 11.3 Å². The number of nitrogens with zero attached hydrogens (tertiary/aromatic N) is 1. The third-order valence-corrected chi connectivity index (χ3v) is 4.62. The first-order chi connectivity index (χ1) is 5.53. The van der Waals surface area contributed by atoms with Crippen molar-refractivity contribution in [3.8, 4) is 0 Å². The van der Waals surface area contributed by atoms with Crippen LogP contribution < -0.4 is 0 Å². The molecule has 0 radical (unpaired) electrons. The fraction of sp³-hybridized carbons (Fsp3) is 0.500. The van der Waals surface area contributed by atoms with Crippen molar-refractivity contribution < 1.29 is 8.42 Å². The molecule has 0 aliphatic carbocycles. The average molecular weight is 270 g/mol. The van der Waals surface area contributed by atoms with E-state index in [2.05, 4.69) is 20.9 Å². The average Bonchev–Trinajstić information content (AvgIpc) is 2.35. The van der Waals surface area contributed by atoms with E-state index >= 15 is 0 Å². The highest BCUT2D eigenvalue weighted by atomic mass is 79.9. The summed E-state index contributed by atoms with van der Waals surface area (Å²) in [6.07, 6.45) is 1.59. The fourth-order valence-corrected chi connectivity index (χ4v) is 3.31. The van der Waals surface area contributed by atoms with Gasteiger partial charge in [0.2, 0.25) is 0 Å². The van der Waals surface area contributed by atoms with Crippen LogP contribution in [0.2, 0.25) is 0 Å². The first-order valence-corrected chi connectivity index (χ1v) is 6.77. The molecule has 0 spiro atoms. The Morgan fingerprint density at radius 3 is 2.75 bits per heavy atom. The highest BCUT2D eigenvalue weighted by molar-refractivity contribution is 9.11. The molecule has 0 saturated carbocycles. The first-order valence-electron chi connectivity index (χ1n) is 3.34. The molecule has 6 heteroatoms. The lowest BCUT2D eigenvalue weighted by atomic mass is 10.6. The zero-order chi connectivity index (χ0) is 9.19. The molecule has 1 heterocycles. The van der Waals surface area contributed by atoms with Gasteiger partial charge in [-0.3, -0.25) is 0 Å². The zero-order valence-corrected chi connectivity index (χ0v) is 9.67. The summed E-state index contributed by atoms with van der Waals surface area (Å²) in [5, 5.41) is 0. The fourth-order valence-electron chi connectivity index (χ4n) is 0.669. The quantitative estimate of drug-likeness (QED) is 0.842. The molecule has 0 fully saturated rings. The summed E-state index contributed by atoms with van der Waals surface area (Å²) in [6, 6.07) is 0. The molecule has 0 aliphatic rings. The minimum absolute atomic E-state index is 0.104. The molecule has 3 nitrogen and oxygen atoms in total. The Morgan fingerprint density at radius 1 is 1.67 bits per heavy atom. The highest BCUT2D eigenvalue weighted by Gasteiger charge is 2.10. The van der Waals surface area contributed by atoms with Crippen LogP contribution in [0.15, 0.2) is 10.1 Å². The Hall–Kier alpha value is 0.0600. The van der Waals surface area contributed by atoms with Crippen molar-refractivity contribution in [3.05, 3.63) is 15.0 Å². The minimum Gasteiger partial charge on any atom is -0.237 e. The molecule has 0 aliphatic heterocycles. The first kappa shape index (κ1) is 10.1. The molecule has 68 valence electrons. The van der Waals surface area contributed by atoms with E-state index < -0.39 is 9.84 Å². The number of aromatic nitrogens is 1. The molecule has 0 bridgehead atoms. The monoisotopic (exact) mass is 269 g/mol. The summed E-state index contributed by atoms with van der Waals surface area (Å²) in [5.41, 5.74) is 0. The molecule has 1 aromatic heterocycles. The Bertz CT molecular complexity index is 357. The van der Waals surface area contributed by atoms with Gasteiger partial charge in [0.05, 0.1) is 5.75 Å². The van der Waals surface area contributed by atoms with Gasteiger partial charge in [0.15, 0.2) is 13.8 Å². The molecule has 0 N–H and O–H groups in total. The van der Waals surface area contributed by atoms with Gasteiger partial charge < -0.3 is 0 Å². The molecular weight excluding hydrogens is 262 g/mol. The molecule has 0 amide bonds. The summed E-state index contributed by atoms with van der Waals surface area (Å²) in [6.45, 7) is 1.64. The van der Waals surface area contributed by atoms with Gasteiger partial charge in [0.25, 0.3) is 0 Å². The van der Waals surface area contributed by atoms with Crippen molar-refractivity contribution >= 4 is 37.1 Å². The van der Waals surface area contributed by atoms with Crippen LogP contribution in [0.1, 0.15) is 11.8 Å². The Kier molecular flexibility index (Phi) is 3.25. The molecule has 0 unspecified atom stereocenters. The molecule has 0 atom stereocenters. The summed E-state index contributed by atoms with van der Waals surface area (Å²) in [4.78, 5) is 4.69. The van der Waals surface area contributed by atoms with E-state index in [0.717, 1.165) is 8.79 Å². The predicted octanol–water partition coefficient (Wildman–Crippen LogP) is 1.84. The van der Waals surface area contributed by atoms with Crippen LogP contribution in [0.5, 0.6) is 0 Å². The van der Waals surface area contributed by atoms with Crippen molar-refractivity contribution in [2.75, 3.05) is 5.75 Å². The summed E-state index contributed by atoms with van der Waals surface area (Å²) in [5.74, 6) is 0.287. The molecular formula is C6H8BrNO2S2. The number of thiazole rings is 1. The molecule has 0 saturated heterocycles. The maximum Gasteiger partial charge on any atom is 0.159 e. The van der Waals surface area contributed by atoms with Gasteiger partial charge in [0.1, 0.15) is 0 Å². The van der Waals surface area contributed by atoms with Crippen molar-refractivity contribution in [2.45, 2.75) is 12.7 Å². The number of hydrogen-bond acceptors (Lipinski definition) is 4. The lowest BCUT2D eigenvalue weighted by Gasteiger charge is -1.95. The maximum absolute atomic E-state index is 11.1. The maximum atomic E-state index is 11.1. The third-order valence-electron chi connectivity index (χ3n) is 1.33. The number of halogens is 1. The lowest BCUT2D eigenvalue weighted by Crippen LogP contribution is -2.04. The number of rotatable bonds is 3. The van der Waals surface area contributed by atoms with E-state index in [-0.39, 0.29) is 11.5 Å². The number of sulfone groups is 1. The van der Waals surface area contributed by atoms with Crippen LogP contribution in [-0.4, -0.2) is 19.2 Å². The van der Waals surface area contributed by atoms with Crippen LogP contribution in [0.25, 0.3) is 0 Å². The van der Waals surface area contributed by atoms with E-state index in [1.807, 2.05) is 0 Å². The van der Waals surface area contributed by atoms with Crippen LogP contribution in [0.3, 0.4) is 0 Å². The van der Waals surface area contributed by atoms with Gasteiger partial charge in [-0.25, -0.2) is 13.4 Å². The van der Waals surface area contributed by atoms with Gasteiger partial charge >= 0.3 is 0 Å². The van der Waals surface area contributed by atoms with Crippen molar-refractivity contribution in [1.29, 1.82) is 0 Å². The van der Waals surface area contributed by atoms with Gasteiger partial charge in [-0.05, 0) is 15.9 Å².